The molecule has 0 atom stereocenters. The van der Waals surface area contributed by atoms with E-state index in [1.165, 1.54) is 0 Å². The van der Waals surface area contributed by atoms with Crippen LogP contribution in [-0.4, -0.2) is 18.9 Å². The van der Waals surface area contributed by atoms with Crippen molar-refractivity contribution in [1.82, 2.24) is 0 Å². The fourth-order valence-electron chi connectivity index (χ4n) is 1.10. The average Bonchev–Trinajstić information content (AvgIpc) is 2.15. The molecule has 6 heteroatoms. The normalized spacial score (nSPS) is 10.0. The van der Waals surface area contributed by atoms with Crippen molar-refractivity contribution >= 4 is 27.7 Å². The van der Waals surface area contributed by atoms with Gasteiger partial charge in [0, 0.05) is 4.47 Å². The second-order valence-electron chi connectivity index (χ2n) is 2.92. The summed E-state index contributed by atoms with van der Waals surface area (Å²) in [5.41, 5.74) is -0.728. The molecule has 0 radical (unpaired) electrons. The Hall–Kier alpha value is -1.30. The summed E-state index contributed by atoms with van der Waals surface area (Å²) in [6, 6.07) is 1.90. The second kappa shape index (κ2) is 5.16. The fourth-order valence-corrected chi connectivity index (χ4v) is 1.50. The van der Waals surface area contributed by atoms with Crippen LogP contribution in [0.2, 0.25) is 0 Å². The van der Waals surface area contributed by atoms with Crippen molar-refractivity contribution in [3.63, 3.8) is 0 Å². The summed E-state index contributed by atoms with van der Waals surface area (Å²) < 4.78 is 31.0. The smallest absolute Gasteiger partial charge is 0.313 e. The van der Waals surface area contributed by atoms with E-state index in [9.17, 15) is 18.4 Å². The molecule has 0 amide bonds. The van der Waals surface area contributed by atoms with Crippen molar-refractivity contribution in [3.8, 4) is 0 Å². The molecule has 0 aliphatic carbocycles. The summed E-state index contributed by atoms with van der Waals surface area (Å²) in [6.07, 6.45) is -0.689. The Morgan fingerprint density at radius 2 is 1.81 bits per heavy atom. The van der Waals surface area contributed by atoms with Gasteiger partial charge in [0.05, 0.1) is 12.7 Å². The van der Waals surface area contributed by atoms with Crippen LogP contribution in [0, 0.1) is 11.6 Å². The van der Waals surface area contributed by atoms with Gasteiger partial charge in [0.25, 0.3) is 0 Å². The maximum Gasteiger partial charge on any atom is 0.313 e. The van der Waals surface area contributed by atoms with E-state index in [2.05, 4.69) is 20.7 Å². The molecule has 0 saturated carbocycles. The number of Topliss-reactive ketones (excluding diaryl/α,β-unsaturated/α-hetero) is 1. The Morgan fingerprint density at radius 1 is 1.31 bits per heavy atom. The van der Waals surface area contributed by atoms with Crippen LogP contribution in [0.1, 0.15) is 16.8 Å². The molecule has 0 spiro atoms. The monoisotopic (exact) mass is 292 g/mol. The maximum atomic E-state index is 13.3. The van der Waals surface area contributed by atoms with Crippen LogP contribution in [0.5, 0.6) is 0 Å². The molecular weight excluding hydrogens is 286 g/mol. The highest BCUT2D eigenvalue weighted by Crippen LogP contribution is 2.20. The first-order valence-corrected chi connectivity index (χ1v) is 4.99. The van der Waals surface area contributed by atoms with Gasteiger partial charge in [-0.3, -0.25) is 9.59 Å². The van der Waals surface area contributed by atoms with Crippen LogP contribution in [0.4, 0.5) is 8.78 Å². The minimum absolute atomic E-state index is 0.178. The minimum atomic E-state index is -1.01. The summed E-state index contributed by atoms with van der Waals surface area (Å²) in [4.78, 5) is 22.2. The van der Waals surface area contributed by atoms with Gasteiger partial charge in [-0.2, -0.15) is 0 Å². The lowest BCUT2D eigenvalue weighted by Crippen LogP contribution is -2.12. The number of halogens is 3. The third-order valence-corrected chi connectivity index (χ3v) is 2.28. The van der Waals surface area contributed by atoms with Gasteiger partial charge in [-0.15, -0.1) is 0 Å². The van der Waals surface area contributed by atoms with Crippen LogP contribution in [0.15, 0.2) is 16.6 Å². The number of methoxy groups -OCH3 is 1. The zero-order valence-corrected chi connectivity index (χ0v) is 9.81. The highest BCUT2D eigenvalue weighted by atomic mass is 79.9. The van der Waals surface area contributed by atoms with Gasteiger partial charge in [0.15, 0.2) is 5.78 Å². The quantitative estimate of drug-likeness (QED) is 0.488. The first kappa shape index (κ1) is 12.8. The molecule has 86 valence electrons. The Balaban J connectivity index is 3.04. The first-order chi connectivity index (χ1) is 7.45. The number of esters is 1. The number of hydrogen-bond donors (Lipinski definition) is 0. The van der Waals surface area contributed by atoms with Crippen molar-refractivity contribution in [3.05, 3.63) is 33.8 Å². The van der Waals surface area contributed by atoms with Crippen molar-refractivity contribution in [2.75, 3.05) is 7.11 Å². The fraction of sp³-hybridized carbons (Fsp3) is 0.200. The number of benzene rings is 1. The van der Waals surface area contributed by atoms with Gasteiger partial charge in [-0.05, 0) is 12.1 Å². The summed E-state index contributed by atoms with van der Waals surface area (Å²) in [7, 11) is 1.09. The highest BCUT2D eigenvalue weighted by molar-refractivity contribution is 9.10. The number of carbonyl (C=O) groups excluding carboxylic acids is 2. The molecule has 0 aromatic heterocycles. The SMILES string of the molecule is COC(=O)CC(=O)c1c(F)cc(Br)cc1F. The van der Waals surface area contributed by atoms with Crippen LogP contribution in [0.25, 0.3) is 0 Å². The molecule has 3 nitrogen and oxygen atoms in total. The molecule has 0 bridgehead atoms. The summed E-state index contributed by atoms with van der Waals surface area (Å²) in [6.45, 7) is 0. The number of carbonyl (C=O) groups is 2. The summed E-state index contributed by atoms with van der Waals surface area (Å²) in [5.74, 6) is -3.82. The van der Waals surface area contributed by atoms with E-state index in [1.807, 2.05) is 0 Å². The van der Waals surface area contributed by atoms with E-state index in [0.29, 0.717) is 0 Å². The first-order valence-electron chi connectivity index (χ1n) is 4.20. The molecule has 0 fully saturated rings. The summed E-state index contributed by atoms with van der Waals surface area (Å²) >= 11 is 2.88. The molecule has 1 aromatic rings. The van der Waals surface area contributed by atoms with Crippen molar-refractivity contribution < 1.29 is 23.1 Å². The van der Waals surface area contributed by atoms with E-state index in [1.54, 1.807) is 0 Å². The van der Waals surface area contributed by atoms with Gasteiger partial charge >= 0.3 is 5.97 Å². The standard InChI is InChI=1S/C10H7BrF2O3/c1-16-9(15)4-8(14)10-6(12)2-5(11)3-7(10)13/h2-3H,4H2,1H3. The zero-order valence-electron chi connectivity index (χ0n) is 8.22. The molecular formula is C10H7BrF2O3. The van der Waals surface area contributed by atoms with Gasteiger partial charge in [-0.1, -0.05) is 15.9 Å². The maximum absolute atomic E-state index is 13.3. The van der Waals surface area contributed by atoms with E-state index in [0.717, 1.165) is 19.2 Å². The molecule has 0 aliphatic rings. The van der Waals surface area contributed by atoms with Crippen molar-refractivity contribution in [1.29, 1.82) is 0 Å². The Kier molecular flexibility index (Phi) is 4.12. The molecule has 1 rings (SSSR count). The van der Waals surface area contributed by atoms with Crippen LogP contribution in [-0.2, 0) is 9.53 Å². The van der Waals surface area contributed by atoms with Crippen molar-refractivity contribution in [2.45, 2.75) is 6.42 Å². The van der Waals surface area contributed by atoms with Crippen LogP contribution >= 0.6 is 15.9 Å². The molecule has 16 heavy (non-hydrogen) atoms. The average molecular weight is 293 g/mol. The molecule has 0 aliphatic heterocycles. The molecule has 0 N–H and O–H groups in total. The predicted molar refractivity (Wildman–Crippen MR) is 55.0 cm³/mol. The van der Waals surface area contributed by atoms with Gasteiger partial charge in [-0.25, -0.2) is 8.78 Å². The molecule has 0 heterocycles. The number of ketones is 1. The minimum Gasteiger partial charge on any atom is -0.469 e. The third-order valence-electron chi connectivity index (χ3n) is 1.82. The van der Waals surface area contributed by atoms with Gasteiger partial charge in [0.1, 0.15) is 18.1 Å². The topological polar surface area (TPSA) is 43.4 Å². The second-order valence-corrected chi connectivity index (χ2v) is 3.84. The molecule has 1 aromatic carbocycles. The molecule has 0 saturated heterocycles. The lowest BCUT2D eigenvalue weighted by molar-refractivity contribution is -0.139. The van der Waals surface area contributed by atoms with E-state index in [4.69, 9.17) is 0 Å². The zero-order chi connectivity index (χ0) is 12.3. The Labute approximate surface area is 98.5 Å². The Morgan fingerprint density at radius 3 is 2.25 bits per heavy atom. The Bertz CT molecular complexity index is 423. The van der Waals surface area contributed by atoms with E-state index < -0.39 is 35.4 Å². The number of rotatable bonds is 3. The lowest BCUT2D eigenvalue weighted by atomic mass is 10.1. The number of ether oxygens (including phenoxy) is 1. The third kappa shape index (κ3) is 2.85. The summed E-state index contributed by atoms with van der Waals surface area (Å²) in [5, 5.41) is 0. The lowest BCUT2D eigenvalue weighted by Gasteiger charge is -2.04. The van der Waals surface area contributed by atoms with Gasteiger partial charge in [0.2, 0.25) is 0 Å². The van der Waals surface area contributed by atoms with Crippen molar-refractivity contribution in [2.24, 2.45) is 0 Å². The van der Waals surface area contributed by atoms with Crippen LogP contribution in [0.3, 0.4) is 0 Å². The molecule has 0 unspecified atom stereocenters. The predicted octanol–water partition coefficient (Wildman–Crippen LogP) is 2.47. The van der Waals surface area contributed by atoms with E-state index in [-0.39, 0.29) is 4.47 Å². The highest BCUT2D eigenvalue weighted by Gasteiger charge is 2.20. The van der Waals surface area contributed by atoms with Crippen LogP contribution < -0.4 is 0 Å². The number of hydrogen-bond acceptors (Lipinski definition) is 3. The van der Waals surface area contributed by atoms with E-state index >= 15 is 0 Å². The largest absolute Gasteiger partial charge is 0.469 e. The van der Waals surface area contributed by atoms with Gasteiger partial charge < -0.3 is 4.74 Å².